The first kappa shape index (κ1) is 29.2. The van der Waals surface area contributed by atoms with E-state index in [0.29, 0.717) is 12.1 Å². The zero-order valence-electron chi connectivity index (χ0n) is 20.8. The van der Waals surface area contributed by atoms with Gasteiger partial charge in [-0.2, -0.15) is 0 Å². The van der Waals surface area contributed by atoms with Gasteiger partial charge in [0.05, 0.1) is 22.9 Å². The van der Waals surface area contributed by atoms with Crippen LogP contribution in [0.1, 0.15) is 32.3 Å². The Morgan fingerprint density at radius 1 is 1.03 bits per heavy atom. The van der Waals surface area contributed by atoms with Gasteiger partial charge in [-0.15, -0.1) is 0 Å². The lowest BCUT2D eigenvalue weighted by Crippen LogP contribution is -2.29. The van der Waals surface area contributed by atoms with Crippen LogP contribution in [0.25, 0.3) is 0 Å². The van der Waals surface area contributed by atoms with E-state index in [1.54, 1.807) is 25.1 Å². The SMILES string of the molecule is C=CCOC(=O)Nc1c(CCC(=O)OCC)cccc1NS(=O)(=O)c1cccc(NC(=O)NCCC)c1. The van der Waals surface area contributed by atoms with Crippen molar-refractivity contribution in [1.29, 1.82) is 0 Å². The number of hydrogen-bond donors (Lipinski definition) is 4. The maximum atomic E-state index is 13.2. The Kier molecular flexibility index (Phi) is 11.4. The fraction of sp³-hybridized carbons (Fsp3) is 0.320. The van der Waals surface area contributed by atoms with Gasteiger partial charge < -0.3 is 20.1 Å². The van der Waals surface area contributed by atoms with E-state index >= 15 is 0 Å². The number of rotatable bonds is 13. The van der Waals surface area contributed by atoms with Crippen LogP contribution in [0.3, 0.4) is 0 Å². The fourth-order valence-electron chi connectivity index (χ4n) is 3.14. The quantitative estimate of drug-likeness (QED) is 0.222. The standard InChI is InChI=1S/C25H32N4O7S/c1-4-15-26-24(31)27-19-10-8-11-20(17-19)37(33,34)29-21-12-7-9-18(13-14-22(30)35-6-3)23(21)28-25(32)36-16-5-2/h5,7-12,17,29H,2,4,6,13-16H2,1,3H3,(H,28,32)(H2,26,27,31). The Labute approximate surface area is 216 Å². The highest BCUT2D eigenvalue weighted by Crippen LogP contribution is 2.30. The molecule has 0 aromatic heterocycles. The lowest BCUT2D eigenvalue weighted by molar-refractivity contribution is -0.143. The smallest absolute Gasteiger partial charge is 0.412 e. The largest absolute Gasteiger partial charge is 0.466 e. The van der Waals surface area contributed by atoms with Gasteiger partial charge >= 0.3 is 18.1 Å². The zero-order valence-corrected chi connectivity index (χ0v) is 21.7. The Bertz CT molecular complexity index is 1220. The molecule has 11 nitrogen and oxygen atoms in total. The minimum atomic E-state index is -4.14. The molecule has 0 saturated heterocycles. The minimum Gasteiger partial charge on any atom is -0.466 e. The van der Waals surface area contributed by atoms with E-state index < -0.39 is 28.1 Å². The molecule has 0 radical (unpaired) electrons. The van der Waals surface area contributed by atoms with E-state index in [0.717, 1.165) is 6.42 Å². The lowest BCUT2D eigenvalue weighted by Gasteiger charge is -2.17. The summed E-state index contributed by atoms with van der Waals surface area (Å²) in [5.74, 6) is -0.430. The second-order valence-corrected chi connectivity index (χ2v) is 9.35. The van der Waals surface area contributed by atoms with E-state index in [-0.39, 0.29) is 48.0 Å². The highest BCUT2D eigenvalue weighted by molar-refractivity contribution is 7.92. The maximum absolute atomic E-state index is 13.2. The van der Waals surface area contributed by atoms with E-state index in [2.05, 4.69) is 27.3 Å². The molecule has 2 aromatic carbocycles. The van der Waals surface area contributed by atoms with Gasteiger partial charge in [0.25, 0.3) is 10.0 Å². The molecule has 2 rings (SSSR count). The number of sulfonamides is 1. The lowest BCUT2D eigenvalue weighted by atomic mass is 10.1. The van der Waals surface area contributed by atoms with Gasteiger partial charge in [0.2, 0.25) is 0 Å². The molecule has 0 atom stereocenters. The van der Waals surface area contributed by atoms with Gasteiger partial charge in [0, 0.05) is 18.7 Å². The topological polar surface area (TPSA) is 152 Å². The summed E-state index contributed by atoms with van der Waals surface area (Å²) < 4.78 is 38.8. The third-order valence-corrected chi connectivity index (χ3v) is 6.16. The van der Waals surface area contributed by atoms with Crippen molar-refractivity contribution in [1.82, 2.24) is 5.32 Å². The Hall–Kier alpha value is -4.06. The van der Waals surface area contributed by atoms with Crippen molar-refractivity contribution in [3.8, 4) is 0 Å². The molecule has 200 valence electrons. The fourth-order valence-corrected chi connectivity index (χ4v) is 4.26. The first-order valence-corrected chi connectivity index (χ1v) is 13.2. The van der Waals surface area contributed by atoms with E-state index in [9.17, 15) is 22.8 Å². The van der Waals surface area contributed by atoms with Crippen LogP contribution in [-0.4, -0.2) is 46.3 Å². The van der Waals surface area contributed by atoms with Crippen molar-refractivity contribution < 1.29 is 32.3 Å². The van der Waals surface area contributed by atoms with Crippen LogP contribution in [0.4, 0.5) is 26.7 Å². The molecule has 37 heavy (non-hydrogen) atoms. The molecule has 2 aromatic rings. The number of hydrogen-bond acceptors (Lipinski definition) is 7. The predicted octanol–water partition coefficient (Wildman–Crippen LogP) is 4.25. The molecule has 4 N–H and O–H groups in total. The van der Waals surface area contributed by atoms with Crippen molar-refractivity contribution in [2.45, 2.75) is 38.0 Å². The molecule has 0 fully saturated rings. The Morgan fingerprint density at radius 2 is 1.78 bits per heavy atom. The van der Waals surface area contributed by atoms with Crippen LogP contribution in [0.15, 0.2) is 60.0 Å². The summed E-state index contributed by atoms with van der Waals surface area (Å²) >= 11 is 0. The summed E-state index contributed by atoms with van der Waals surface area (Å²) in [4.78, 5) is 36.0. The zero-order chi connectivity index (χ0) is 27.3. The molecule has 0 spiro atoms. The number of benzene rings is 2. The first-order valence-electron chi connectivity index (χ1n) is 11.7. The highest BCUT2D eigenvalue weighted by Gasteiger charge is 2.20. The number of anilines is 3. The maximum Gasteiger partial charge on any atom is 0.412 e. The van der Waals surface area contributed by atoms with E-state index in [1.807, 2.05) is 6.92 Å². The number of amides is 3. The summed E-state index contributed by atoms with van der Waals surface area (Å²) in [7, 11) is -4.14. The minimum absolute atomic E-state index is 0.0221. The second-order valence-electron chi connectivity index (χ2n) is 7.67. The van der Waals surface area contributed by atoms with Crippen LogP contribution in [0, 0.1) is 0 Å². The molecular formula is C25H32N4O7S. The van der Waals surface area contributed by atoms with E-state index in [1.165, 1.54) is 30.3 Å². The number of carbonyl (C=O) groups is 3. The Morgan fingerprint density at radius 3 is 2.49 bits per heavy atom. The normalized spacial score (nSPS) is 10.6. The van der Waals surface area contributed by atoms with Crippen LogP contribution in [-0.2, 0) is 30.7 Å². The molecule has 0 aliphatic carbocycles. The number of ether oxygens (including phenoxy) is 2. The second kappa shape index (κ2) is 14.5. The number of esters is 1. The summed E-state index contributed by atoms with van der Waals surface area (Å²) in [5.41, 5.74) is 0.978. The molecule has 12 heteroatoms. The first-order chi connectivity index (χ1) is 17.7. The Balaban J connectivity index is 2.34. The van der Waals surface area contributed by atoms with Crippen LogP contribution in [0.5, 0.6) is 0 Å². The third kappa shape index (κ3) is 9.49. The average molecular weight is 533 g/mol. The van der Waals surface area contributed by atoms with Crippen LogP contribution < -0.4 is 20.7 Å². The number of nitrogens with one attached hydrogen (secondary N) is 4. The number of para-hydroxylation sites is 1. The van der Waals surface area contributed by atoms with Gasteiger partial charge in [0.1, 0.15) is 6.61 Å². The van der Waals surface area contributed by atoms with Gasteiger partial charge in [-0.3, -0.25) is 14.8 Å². The third-order valence-electron chi connectivity index (χ3n) is 4.80. The summed E-state index contributed by atoms with van der Waals surface area (Å²) in [6, 6.07) is 9.98. The van der Waals surface area contributed by atoms with Crippen molar-refractivity contribution in [3.63, 3.8) is 0 Å². The molecule has 0 aliphatic rings. The molecule has 0 unspecified atom stereocenters. The summed E-state index contributed by atoms with van der Waals surface area (Å²) in [6.45, 7) is 7.74. The van der Waals surface area contributed by atoms with Crippen molar-refractivity contribution in [2.24, 2.45) is 0 Å². The number of aryl methyl sites for hydroxylation is 1. The molecule has 0 bridgehead atoms. The average Bonchev–Trinajstić information content (AvgIpc) is 2.86. The molecule has 0 aliphatic heterocycles. The predicted molar refractivity (Wildman–Crippen MR) is 141 cm³/mol. The van der Waals surface area contributed by atoms with Crippen LogP contribution in [0.2, 0.25) is 0 Å². The van der Waals surface area contributed by atoms with E-state index in [4.69, 9.17) is 9.47 Å². The van der Waals surface area contributed by atoms with Gasteiger partial charge in [-0.1, -0.05) is 37.8 Å². The molecule has 3 amide bonds. The molecule has 0 heterocycles. The van der Waals surface area contributed by atoms with Crippen molar-refractivity contribution >= 4 is 45.2 Å². The van der Waals surface area contributed by atoms with Gasteiger partial charge in [-0.25, -0.2) is 18.0 Å². The summed E-state index contributed by atoms with van der Waals surface area (Å²) in [6.07, 6.45) is 1.52. The van der Waals surface area contributed by atoms with Gasteiger partial charge in [-0.05, 0) is 49.6 Å². The van der Waals surface area contributed by atoms with Crippen molar-refractivity contribution in [3.05, 3.63) is 60.7 Å². The monoisotopic (exact) mass is 532 g/mol. The highest BCUT2D eigenvalue weighted by atomic mass is 32.2. The number of carbonyl (C=O) groups excluding carboxylic acids is 3. The number of urea groups is 1. The van der Waals surface area contributed by atoms with Gasteiger partial charge in [0.15, 0.2) is 0 Å². The molecule has 0 saturated carbocycles. The van der Waals surface area contributed by atoms with Crippen LogP contribution >= 0.6 is 0 Å². The van der Waals surface area contributed by atoms with Crippen molar-refractivity contribution in [2.75, 3.05) is 35.1 Å². The summed E-state index contributed by atoms with van der Waals surface area (Å²) in [5, 5.41) is 7.78. The molecular weight excluding hydrogens is 500 g/mol.